The van der Waals surface area contributed by atoms with E-state index < -0.39 is 0 Å². The van der Waals surface area contributed by atoms with Crippen LogP contribution in [-0.2, 0) is 0 Å². The lowest BCUT2D eigenvalue weighted by Gasteiger charge is -2.20. The summed E-state index contributed by atoms with van der Waals surface area (Å²) >= 11 is 12.5. The van der Waals surface area contributed by atoms with Crippen molar-refractivity contribution in [3.05, 3.63) is 68.7 Å². The van der Waals surface area contributed by atoms with E-state index >= 15 is 0 Å². The van der Waals surface area contributed by atoms with Gasteiger partial charge in [0.25, 0.3) is 0 Å². The first-order valence-corrected chi connectivity index (χ1v) is 6.98. The van der Waals surface area contributed by atoms with Crippen molar-refractivity contribution in [2.75, 3.05) is 7.05 Å². The van der Waals surface area contributed by atoms with Gasteiger partial charge in [0, 0.05) is 10.0 Å². The largest absolute Gasteiger partial charge is 0.309 e. The Hall–Kier alpha value is -1.02. The van der Waals surface area contributed by atoms with Crippen molar-refractivity contribution < 1.29 is 0 Å². The number of benzene rings is 2. The summed E-state index contributed by atoms with van der Waals surface area (Å²) in [6.45, 7) is 4.17. The van der Waals surface area contributed by atoms with E-state index in [9.17, 15) is 0 Å². The Labute approximate surface area is 124 Å². The summed E-state index contributed by atoms with van der Waals surface area (Å²) in [5.74, 6) is 0. The highest BCUT2D eigenvalue weighted by atomic mass is 35.5. The number of nitrogens with one attached hydrogen (secondary N) is 1. The maximum Gasteiger partial charge on any atom is 0.0589 e. The molecule has 0 amide bonds. The second-order valence-electron chi connectivity index (χ2n) is 4.73. The third-order valence-corrected chi connectivity index (χ3v) is 3.96. The summed E-state index contributed by atoms with van der Waals surface area (Å²) in [5.41, 5.74) is 4.63. The Morgan fingerprint density at radius 2 is 1.68 bits per heavy atom. The van der Waals surface area contributed by atoms with Gasteiger partial charge >= 0.3 is 0 Å². The van der Waals surface area contributed by atoms with Gasteiger partial charge in [0.2, 0.25) is 0 Å². The van der Waals surface area contributed by atoms with Crippen LogP contribution in [0, 0.1) is 13.8 Å². The average molecular weight is 294 g/mol. The smallest absolute Gasteiger partial charge is 0.0589 e. The third kappa shape index (κ3) is 3.11. The molecular formula is C16H17Cl2N. The van der Waals surface area contributed by atoms with E-state index in [4.69, 9.17) is 23.2 Å². The molecule has 1 atom stereocenters. The second kappa shape index (κ2) is 5.96. The van der Waals surface area contributed by atoms with Gasteiger partial charge in [-0.15, -0.1) is 0 Å². The maximum atomic E-state index is 6.39. The van der Waals surface area contributed by atoms with E-state index in [1.165, 1.54) is 11.1 Å². The first-order valence-electron chi connectivity index (χ1n) is 6.22. The molecule has 0 aromatic heterocycles. The Morgan fingerprint density at radius 3 is 2.32 bits per heavy atom. The van der Waals surface area contributed by atoms with Gasteiger partial charge in [0.1, 0.15) is 0 Å². The molecule has 0 spiro atoms. The van der Waals surface area contributed by atoms with Crippen LogP contribution < -0.4 is 5.32 Å². The molecule has 1 nitrogen and oxygen atoms in total. The summed E-state index contributed by atoms with van der Waals surface area (Å²) in [4.78, 5) is 0. The molecule has 19 heavy (non-hydrogen) atoms. The SMILES string of the molecule is CNC(c1cccc(Cl)c1)c1cc(C)c(C)cc1Cl. The second-order valence-corrected chi connectivity index (χ2v) is 5.58. The Kier molecular flexibility index (Phi) is 4.51. The quantitative estimate of drug-likeness (QED) is 0.847. The van der Waals surface area contributed by atoms with Crippen molar-refractivity contribution in [1.82, 2.24) is 5.32 Å². The molecule has 100 valence electrons. The minimum atomic E-state index is 0.0468. The lowest BCUT2D eigenvalue weighted by Crippen LogP contribution is -2.18. The molecule has 2 aromatic carbocycles. The first-order chi connectivity index (χ1) is 9.02. The zero-order chi connectivity index (χ0) is 14.0. The molecule has 1 unspecified atom stereocenters. The fourth-order valence-corrected chi connectivity index (χ4v) is 2.74. The Morgan fingerprint density at radius 1 is 1.00 bits per heavy atom. The van der Waals surface area contributed by atoms with E-state index in [0.29, 0.717) is 0 Å². The number of hydrogen-bond acceptors (Lipinski definition) is 1. The van der Waals surface area contributed by atoms with Gasteiger partial charge in [-0.25, -0.2) is 0 Å². The lowest BCUT2D eigenvalue weighted by atomic mass is 9.95. The van der Waals surface area contributed by atoms with Crippen LogP contribution in [0.1, 0.15) is 28.3 Å². The van der Waals surface area contributed by atoms with Gasteiger partial charge in [-0.05, 0) is 61.3 Å². The molecule has 0 saturated heterocycles. The molecule has 2 aromatic rings. The van der Waals surface area contributed by atoms with Crippen LogP contribution in [-0.4, -0.2) is 7.05 Å². The molecule has 0 fully saturated rings. The predicted molar refractivity (Wildman–Crippen MR) is 83.3 cm³/mol. The van der Waals surface area contributed by atoms with Gasteiger partial charge in [0.05, 0.1) is 6.04 Å². The van der Waals surface area contributed by atoms with Crippen molar-refractivity contribution in [2.45, 2.75) is 19.9 Å². The number of hydrogen-bond donors (Lipinski definition) is 1. The molecule has 2 rings (SSSR count). The minimum absolute atomic E-state index is 0.0468. The molecule has 1 N–H and O–H groups in total. The van der Waals surface area contributed by atoms with E-state index in [0.717, 1.165) is 21.2 Å². The third-order valence-electron chi connectivity index (χ3n) is 3.39. The average Bonchev–Trinajstić information content (AvgIpc) is 2.36. The molecular weight excluding hydrogens is 277 g/mol. The monoisotopic (exact) mass is 293 g/mol. The van der Waals surface area contributed by atoms with Crippen LogP contribution in [0.2, 0.25) is 10.0 Å². The lowest BCUT2D eigenvalue weighted by molar-refractivity contribution is 0.691. The molecule has 0 saturated carbocycles. The van der Waals surface area contributed by atoms with Crippen LogP contribution in [0.4, 0.5) is 0 Å². The van der Waals surface area contributed by atoms with Crippen molar-refractivity contribution in [3.8, 4) is 0 Å². The van der Waals surface area contributed by atoms with Crippen LogP contribution >= 0.6 is 23.2 Å². The van der Waals surface area contributed by atoms with Gasteiger partial charge in [-0.1, -0.05) is 41.4 Å². The van der Waals surface area contributed by atoms with E-state index in [1.807, 2.05) is 31.3 Å². The van der Waals surface area contributed by atoms with E-state index in [-0.39, 0.29) is 6.04 Å². The van der Waals surface area contributed by atoms with Gasteiger partial charge < -0.3 is 5.32 Å². The Bertz CT molecular complexity index is 593. The fraction of sp³-hybridized carbons (Fsp3) is 0.250. The summed E-state index contributed by atoms with van der Waals surface area (Å²) in [6, 6.07) is 12.1. The molecule has 0 aliphatic rings. The normalized spacial score (nSPS) is 12.5. The van der Waals surface area contributed by atoms with Gasteiger partial charge in [0.15, 0.2) is 0 Å². The van der Waals surface area contributed by atoms with Crippen molar-refractivity contribution in [1.29, 1.82) is 0 Å². The van der Waals surface area contributed by atoms with E-state index in [1.54, 1.807) is 0 Å². The highest BCUT2D eigenvalue weighted by molar-refractivity contribution is 6.31. The van der Waals surface area contributed by atoms with Gasteiger partial charge in [-0.2, -0.15) is 0 Å². The standard InChI is InChI=1S/C16H17Cl2N/c1-10-7-14(15(18)8-11(10)2)16(19-3)12-5-4-6-13(17)9-12/h4-9,16,19H,1-3H3. The molecule has 0 aliphatic carbocycles. The van der Waals surface area contributed by atoms with Crippen LogP contribution in [0.3, 0.4) is 0 Å². The topological polar surface area (TPSA) is 12.0 Å². The zero-order valence-electron chi connectivity index (χ0n) is 11.3. The molecule has 0 radical (unpaired) electrons. The van der Waals surface area contributed by atoms with Crippen molar-refractivity contribution in [3.63, 3.8) is 0 Å². The highest BCUT2D eigenvalue weighted by Crippen LogP contribution is 2.31. The Balaban J connectivity index is 2.51. The van der Waals surface area contributed by atoms with Crippen LogP contribution in [0.15, 0.2) is 36.4 Å². The highest BCUT2D eigenvalue weighted by Gasteiger charge is 2.16. The van der Waals surface area contributed by atoms with Crippen LogP contribution in [0.5, 0.6) is 0 Å². The van der Waals surface area contributed by atoms with Gasteiger partial charge in [-0.3, -0.25) is 0 Å². The molecule has 0 bridgehead atoms. The van der Waals surface area contributed by atoms with Crippen molar-refractivity contribution >= 4 is 23.2 Å². The fourth-order valence-electron chi connectivity index (χ4n) is 2.21. The summed E-state index contributed by atoms with van der Waals surface area (Å²) in [5, 5.41) is 4.82. The summed E-state index contributed by atoms with van der Waals surface area (Å²) < 4.78 is 0. The first kappa shape index (κ1) is 14.4. The summed E-state index contributed by atoms with van der Waals surface area (Å²) in [6.07, 6.45) is 0. The van der Waals surface area contributed by atoms with E-state index in [2.05, 4.69) is 31.3 Å². The van der Waals surface area contributed by atoms with Crippen molar-refractivity contribution in [2.24, 2.45) is 0 Å². The number of halogens is 2. The van der Waals surface area contributed by atoms with Crippen LogP contribution in [0.25, 0.3) is 0 Å². The molecule has 3 heteroatoms. The number of aryl methyl sites for hydroxylation is 2. The predicted octanol–water partition coefficient (Wildman–Crippen LogP) is 4.92. The minimum Gasteiger partial charge on any atom is -0.309 e. The number of rotatable bonds is 3. The zero-order valence-corrected chi connectivity index (χ0v) is 12.8. The maximum absolute atomic E-state index is 6.39. The molecule has 0 aliphatic heterocycles. The molecule has 0 heterocycles. The summed E-state index contributed by atoms with van der Waals surface area (Å²) in [7, 11) is 1.93.